The lowest BCUT2D eigenvalue weighted by Gasteiger charge is -2.22. The number of rotatable bonds is 4. The number of nitrogens with one attached hydrogen (secondary N) is 2. The third-order valence-corrected chi connectivity index (χ3v) is 6.95. The van der Waals surface area contributed by atoms with Crippen LogP contribution < -0.4 is 10.6 Å². The number of halogens is 1. The van der Waals surface area contributed by atoms with Gasteiger partial charge in [0.2, 0.25) is 0 Å². The summed E-state index contributed by atoms with van der Waals surface area (Å²) in [6.45, 7) is 0.580. The van der Waals surface area contributed by atoms with E-state index in [1.807, 2.05) is 18.2 Å². The molecule has 1 fully saturated rings. The molecule has 1 atom stereocenters. The normalized spacial score (nSPS) is 22.8. The van der Waals surface area contributed by atoms with Crippen molar-refractivity contribution in [3.8, 4) is 0 Å². The molecule has 1 aliphatic carbocycles. The largest absolute Gasteiger partial charge is 0.338 e. The van der Waals surface area contributed by atoms with Crippen LogP contribution in [0.2, 0.25) is 5.02 Å². The number of aryl methyl sites for hydroxylation is 1. The van der Waals surface area contributed by atoms with E-state index in [0.29, 0.717) is 25.3 Å². The molecule has 1 saturated heterocycles. The Morgan fingerprint density at radius 3 is 2.71 bits per heavy atom. The lowest BCUT2D eigenvalue weighted by molar-refractivity contribution is 0.236. The maximum absolute atomic E-state index is 12.1. The fraction of sp³-hybridized carbons (Fsp3) is 0.588. The first-order chi connectivity index (χ1) is 11.4. The monoisotopic (exact) mass is 370 g/mol. The highest BCUT2D eigenvalue weighted by atomic mass is 35.5. The van der Waals surface area contributed by atoms with Crippen LogP contribution in [-0.2, 0) is 16.3 Å². The van der Waals surface area contributed by atoms with Gasteiger partial charge in [0.15, 0.2) is 0 Å². The van der Waals surface area contributed by atoms with Crippen molar-refractivity contribution in [2.75, 3.05) is 18.1 Å². The average molecular weight is 371 g/mol. The molecule has 1 aromatic rings. The van der Waals surface area contributed by atoms with Gasteiger partial charge in [-0.25, -0.2) is 13.2 Å². The third kappa shape index (κ3) is 4.42. The molecule has 0 spiro atoms. The Morgan fingerprint density at radius 2 is 1.96 bits per heavy atom. The predicted octanol–water partition coefficient (Wildman–Crippen LogP) is 2.84. The van der Waals surface area contributed by atoms with E-state index in [-0.39, 0.29) is 23.6 Å². The van der Waals surface area contributed by atoms with E-state index < -0.39 is 9.84 Å². The van der Waals surface area contributed by atoms with E-state index >= 15 is 0 Å². The second-order valence-corrected chi connectivity index (χ2v) is 9.46. The topological polar surface area (TPSA) is 75.3 Å². The molecule has 0 bridgehead atoms. The summed E-state index contributed by atoms with van der Waals surface area (Å²) in [5.74, 6) is 0.958. The Bertz CT molecular complexity index is 707. The zero-order valence-electron chi connectivity index (χ0n) is 13.6. The highest BCUT2D eigenvalue weighted by molar-refractivity contribution is 7.91. The highest BCUT2D eigenvalue weighted by Gasteiger charge is 2.25. The molecule has 1 aliphatic heterocycles. The number of carbonyl (C=O) groups excluding carboxylic acids is 1. The summed E-state index contributed by atoms with van der Waals surface area (Å²) in [6, 6.07) is 5.68. The van der Waals surface area contributed by atoms with Gasteiger partial charge in [-0.3, -0.25) is 0 Å². The number of sulfone groups is 1. The van der Waals surface area contributed by atoms with Crippen LogP contribution in [0.5, 0.6) is 0 Å². The van der Waals surface area contributed by atoms with Crippen molar-refractivity contribution in [3.63, 3.8) is 0 Å². The first-order valence-corrected chi connectivity index (χ1v) is 10.7. The standard InChI is InChI=1S/C17H23ClN2O3S/c18-14-2-3-15-13(11-14)1-4-16(15)20-17(21)19-8-5-12-6-9-24(22,23)10-7-12/h2-3,11-12,16H,1,4-10H2,(H2,19,20,21)/t16-/m1/s1. The van der Waals surface area contributed by atoms with Gasteiger partial charge in [-0.1, -0.05) is 17.7 Å². The van der Waals surface area contributed by atoms with Crippen LogP contribution in [0.25, 0.3) is 0 Å². The second kappa shape index (κ2) is 7.31. The van der Waals surface area contributed by atoms with Crippen LogP contribution in [0, 0.1) is 5.92 Å². The van der Waals surface area contributed by atoms with Crippen molar-refractivity contribution in [3.05, 3.63) is 34.3 Å². The smallest absolute Gasteiger partial charge is 0.315 e. The zero-order chi connectivity index (χ0) is 17.2. The van der Waals surface area contributed by atoms with Crippen LogP contribution in [0.4, 0.5) is 4.79 Å². The van der Waals surface area contributed by atoms with Gasteiger partial charge in [0.1, 0.15) is 9.84 Å². The fourth-order valence-electron chi connectivity index (χ4n) is 3.56. The summed E-state index contributed by atoms with van der Waals surface area (Å²) in [5, 5.41) is 6.64. The third-order valence-electron chi connectivity index (χ3n) is 5.00. The Hall–Kier alpha value is -1.27. The molecule has 7 heteroatoms. The van der Waals surface area contributed by atoms with E-state index in [1.54, 1.807) is 0 Å². The Kier molecular flexibility index (Phi) is 5.35. The van der Waals surface area contributed by atoms with Crippen molar-refractivity contribution < 1.29 is 13.2 Å². The van der Waals surface area contributed by atoms with Gasteiger partial charge in [-0.15, -0.1) is 0 Å². The van der Waals surface area contributed by atoms with Crippen LogP contribution in [0.15, 0.2) is 18.2 Å². The molecule has 1 aromatic carbocycles. The Labute approximate surface area is 148 Å². The van der Waals surface area contributed by atoms with Crippen molar-refractivity contribution in [2.45, 2.75) is 38.1 Å². The van der Waals surface area contributed by atoms with E-state index in [9.17, 15) is 13.2 Å². The van der Waals surface area contributed by atoms with Gasteiger partial charge in [0.05, 0.1) is 17.5 Å². The lowest BCUT2D eigenvalue weighted by atomic mass is 9.99. The van der Waals surface area contributed by atoms with E-state index in [4.69, 9.17) is 11.6 Å². The summed E-state index contributed by atoms with van der Waals surface area (Å²) in [4.78, 5) is 12.1. The highest BCUT2D eigenvalue weighted by Crippen LogP contribution is 2.32. The molecule has 0 aromatic heterocycles. The number of carbonyl (C=O) groups is 1. The summed E-state index contributed by atoms with van der Waals surface area (Å²) >= 11 is 6.00. The van der Waals surface area contributed by atoms with Crippen molar-refractivity contribution in [1.29, 1.82) is 0 Å². The van der Waals surface area contributed by atoms with Gasteiger partial charge in [0.25, 0.3) is 0 Å². The molecule has 1 heterocycles. The minimum atomic E-state index is -2.81. The van der Waals surface area contributed by atoms with Gasteiger partial charge < -0.3 is 10.6 Å². The summed E-state index contributed by atoms with van der Waals surface area (Å²) in [5.41, 5.74) is 2.35. The number of fused-ring (bicyclic) bond motifs is 1. The summed E-state index contributed by atoms with van der Waals surface area (Å²) in [7, 11) is -2.81. The molecular formula is C17H23ClN2O3S. The zero-order valence-corrected chi connectivity index (χ0v) is 15.1. The molecule has 24 heavy (non-hydrogen) atoms. The molecular weight excluding hydrogens is 348 g/mol. The molecule has 5 nitrogen and oxygen atoms in total. The molecule has 0 radical (unpaired) electrons. The Morgan fingerprint density at radius 1 is 1.21 bits per heavy atom. The minimum absolute atomic E-state index is 0.0390. The van der Waals surface area contributed by atoms with Gasteiger partial charge in [0, 0.05) is 11.6 Å². The first kappa shape index (κ1) is 17.5. The fourth-order valence-corrected chi connectivity index (χ4v) is 5.35. The number of benzene rings is 1. The lowest BCUT2D eigenvalue weighted by Crippen LogP contribution is -2.38. The van der Waals surface area contributed by atoms with E-state index in [2.05, 4.69) is 10.6 Å². The van der Waals surface area contributed by atoms with Crippen molar-refractivity contribution >= 4 is 27.5 Å². The first-order valence-electron chi connectivity index (χ1n) is 8.46. The van der Waals surface area contributed by atoms with Gasteiger partial charge in [-0.2, -0.15) is 0 Å². The molecule has 3 rings (SSSR count). The molecule has 2 N–H and O–H groups in total. The maximum Gasteiger partial charge on any atom is 0.315 e. The van der Waals surface area contributed by atoms with Gasteiger partial charge >= 0.3 is 6.03 Å². The minimum Gasteiger partial charge on any atom is -0.338 e. The molecule has 132 valence electrons. The van der Waals surface area contributed by atoms with E-state index in [1.165, 1.54) is 5.56 Å². The molecule has 2 aliphatic rings. The summed E-state index contributed by atoms with van der Waals surface area (Å²) < 4.78 is 22.8. The number of hydrogen-bond donors (Lipinski definition) is 2. The number of urea groups is 1. The summed E-state index contributed by atoms with van der Waals surface area (Å²) in [6.07, 6.45) is 4.07. The predicted molar refractivity (Wildman–Crippen MR) is 95.0 cm³/mol. The van der Waals surface area contributed by atoms with E-state index in [0.717, 1.165) is 29.8 Å². The maximum atomic E-state index is 12.1. The quantitative estimate of drug-likeness (QED) is 0.855. The SMILES string of the molecule is O=C(NCCC1CCS(=O)(=O)CC1)N[C@@H]1CCc2cc(Cl)ccc21. The van der Waals surface area contributed by atoms with Crippen LogP contribution >= 0.6 is 11.6 Å². The van der Waals surface area contributed by atoms with Crippen molar-refractivity contribution in [2.24, 2.45) is 5.92 Å². The van der Waals surface area contributed by atoms with Crippen LogP contribution in [0.3, 0.4) is 0 Å². The second-order valence-electron chi connectivity index (χ2n) is 6.72. The van der Waals surface area contributed by atoms with Crippen LogP contribution in [-0.4, -0.2) is 32.5 Å². The van der Waals surface area contributed by atoms with Crippen LogP contribution in [0.1, 0.15) is 42.9 Å². The number of amides is 2. The average Bonchev–Trinajstić information content (AvgIpc) is 2.91. The molecule has 2 amide bonds. The Balaban J connectivity index is 1.41. The molecule has 0 saturated carbocycles. The van der Waals surface area contributed by atoms with Crippen molar-refractivity contribution in [1.82, 2.24) is 10.6 Å². The number of hydrogen-bond acceptors (Lipinski definition) is 3. The van der Waals surface area contributed by atoms with Gasteiger partial charge in [-0.05, 0) is 61.3 Å². The molecule has 0 unspecified atom stereocenters.